The average Bonchev–Trinajstić information content (AvgIpc) is 2.46. The number of fused-ring (bicyclic) bond motifs is 1. The van der Waals surface area contributed by atoms with Gasteiger partial charge in [0.05, 0.1) is 5.92 Å². The highest BCUT2D eigenvalue weighted by Gasteiger charge is 2.30. The highest BCUT2D eigenvalue weighted by Crippen LogP contribution is 2.42. The van der Waals surface area contributed by atoms with Crippen LogP contribution in [0.5, 0.6) is 11.5 Å². The Morgan fingerprint density at radius 1 is 1.10 bits per heavy atom. The third-order valence-corrected chi connectivity index (χ3v) is 3.47. The van der Waals surface area contributed by atoms with Crippen molar-refractivity contribution in [3.8, 4) is 17.6 Å². The van der Waals surface area contributed by atoms with Crippen LogP contribution in [-0.4, -0.2) is 5.11 Å². The first-order valence-corrected chi connectivity index (χ1v) is 6.36. The molecular weight excluding hydrogens is 266 g/mol. The van der Waals surface area contributed by atoms with Crippen LogP contribution in [0.15, 0.2) is 53.9 Å². The van der Waals surface area contributed by atoms with Gasteiger partial charge in [0.25, 0.3) is 0 Å². The third-order valence-electron chi connectivity index (χ3n) is 3.47. The second-order valence-electron chi connectivity index (χ2n) is 4.81. The summed E-state index contributed by atoms with van der Waals surface area (Å²) < 4.78 is 5.50. The lowest BCUT2D eigenvalue weighted by Crippen LogP contribution is -2.21. The number of hydrogen-bond acceptors (Lipinski definition) is 5. The van der Waals surface area contributed by atoms with Crippen LogP contribution in [0.2, 0.25) is 0 Å². The van der Waals surface area contributed by atoms with Crippen LogP contribution in [0.1, 0.15) is 17.0 Å². The number of benzene rings is 2. The van der Waals surface area contributed by atoms with Crippen molar-refractivity contribution in [2.45, 2.75) is 5.92 Å². The molecule has 0 saturated heterocycles. The standard InChI is InChI=1S/C16H13N3O2/c17-8-13-15(9-1-4-11(20)5-2-9)12-6-3-10(18)7-14(12)21-16(13)19/h1-7,15,20H,18-19H2. The van der Waals surface area contributed by atoms with Crippen molar-refractivity contribution in [1.29, 1.82) is 5.26 Å². The first kappa shape index (κ1) is 12.9. The summed E-state index contributed by atoms with van der Waals surface area (Å²) in [6.07, 6.45) is 0. The Morgan fingerprint density at radius 3 is 2.48 bits per heavy atom. The van der Waals surface area contributed by atoms with E-state index in [1.807, 2.05) is 6.07 Å². The number of phenolic OH excluding ortho intramolecular Hbond substituents is 1. The lowest BCUT2D eigenvalue weighted by atomic mass is 9.83. The molecular formula is C16H13N3O2. The van der Waals surface area contributed by atoms with Gasteiger partial charge < -0.3 is 21.3 Å². The number of rotatable bonds is 1. The fourth-order valence-corrected chi connectivity index (χ4v) is 2.48. The first-order valence-electron chi connectivity index (χ1n) is 6.36. The molecule has 21 heavy (non-hydrogen) atoms. The third kappa shape index (κ3) is 2.13. The normalized spacial score (nSPS) is 16.8. The molecule has 0 aliphatic carbocycles. The van der Waals surface area contributed by atoms with E-state index in [9.17, 15) is 10.4 Å². The molecule has 2 aromatic carbocycles. The van der Waals surface area contributed by atoms with Crippen molar-refractivity contribution in [2.24, 2.45) is 5.73 Å². The van der Waals surface area contributed by atoms with E-state index >= 15 is 0 Å². The molecule has 0 amide bonds. The summed E-state index contributed by atoms with van der Waals surface area (Å²) in [6, 6.07) is 14.0. The molecule has 0 aromatic heterocycles. The lowest BCUT2D eigenvalue weighted by Gasteiger charge is -2.26. The maximum Gasteiger partial charge on any atom is 0.205 e. The number of nitrogens with two attached hydrogens (primary N) is 2. The van der Waals surface area contributed by atoms with E-state index in [-0.39, 0.29) is 17.6 Å². The highest BCUT2D eigenvalue weighted by atomic mass is 16.5. The predicted octanol–water partition coefficient (Wildman–Crippen LogP) is 2.19. The molecule has 2 aromatic rings. The van der Waals surface area contributed by atoms with Gasteiger partial charge in [0.2, 0.25) is 5.88 Å². The molecule has 0 bridgehead atoms. The monoisotopic (exact) mass is 279 g/mol. The van der Waals surface area contributed by atoms with E-state index in [4.69, 9.17) is 16.2 Å². The van der Waals surface area contributed by atoms with E-state index in [2.05, 4.69) is 6.07 Å². The van der Waals surface area contributed by atoms with Crippen molar-refractivity contribution in [3.05, 3.63) is 65.0 Å². The van der Waals surface area contributed by atoms with E-state index in [0.717, 1.165) is 11.1 Å². The smallest absolute Gasteiger partial charge is 0.205 e. The second-order valence-corrected chi connectivity index (χ2v) is 4.81. The van der Waals surface area contributed by atoms with Gasteiger partial charge in [-0.25, -0.2) is 0 Å². The van der Waals surface area contributed by atoms with Crippen molar-refractivity contribution < 1.29 is 9.84 Å². The largest absolute Gasteiger partial charge is 0.508 e. The van der Waals surface area contributed by atoms with E-state index in [0.29, 0.717) is 17.0 Å². The fraction of sp³-hybridized carbons (Fsp3) is 0.0625. The minimum absolute atomic E-state index is 0.0775. The zero-order valence-electron chi connectivity index (χ0n) is 11.1. The van der Waals surface area contributed by atoms with Gasteiger partial charge in [-0.1, -0.05) is 18.2 Å². The molecule has 5 N–H and O–H groups in total. The van der Waals surface area contributed by atoms with Crippen LogP contribution >= 0.6 is 0 Å². The Bertz CT molecular complexity index is 773. The molecule has 0 radical (unpaired) electrons. The average molecular weight is 279 g/mol. The summed E-state index contributed by atoms with van der Waals surface area (Å²) in [5, 5.41) is 18.8. The van der Waals surface area contributed by atoms with Crippen molar-refractivity contribution in [1.82, 2.24) is 0 Å². The zero-order chi connectivity index (χ0) is 15.0. The van der Waals surface area contributed by atoms with Crippen LogP contribution in [-0.2, 0) is 0 Å². The Balaban J connectivity index is 2.21. The molecule has 104 valence electrons. The molecule has 0 fully saturated rings. The number of phenols is 1. The lowest BCUT2D eigenvalue weighted by molar-refractivity contribution is 0.394. The van der Waals surface area contributed by atoms with Crippen LogP contribution < -0.4 is 16.2 Å². The van der Waals surface area contributed by atoms with Gasteiger partial charge in [0.1, 0.15) is 23.1 Å². The number of hydrogen-bond donors (Lipinski definition) is 3. The molecule has 5 heteroatoms. The minimum Gasteiger partial charge on any atom is -0.508 e. The van der Waals surface area contributed by atoms with Crippen LogP contribution in [0.25, 0.3) is 0 Å². The molecule has 1 heterocycles. The number of nitrogen functional groups attached to an aromatic ring is 1. The molecule has 5 nitrogen and oxygen atoms in total. The van der Waals surface area contributed by atoms with Gasteiger partial charge in [0, 0.05) is 17.3 Å². The minimum atomic E-state index is -0.333. The molecule has 3 rings (SSSR count). The van der Waals surface area contributed by atoms with Crippen molar-refractivity contribution in [2.75, 3.05) is 5.73 Å². The topological polar surface area (TPSA) is 105 Å². The fourth-order valence-electron chi connectivity index (χ4n) is 2.48. The number of nitrogens with zero attached hydrogens (tertiary/aromatic N) is 1. The first-order chi connectivity index (χ1) is 10.1. The summed E-state index contributed by atoms with van der Waals surface area (Å²) in [6.45, 7) is 0. The highest BCUT2D eigenvalue weighted by molar-refractivity contribution is 5.59. The maximum absolute atomic E-state index is 9.42. The molecule has 1 atom stereocenters. The Morgan fingerprint density at radius 2 is 1.81 bits per heavy atom. The second kappa shape index (κ2) is 4.76. The Kier molecular flexibility index (Phi) is 2.92. The number of allylic oxidation sites excluding steroid dienone is 1. The summed E-state index contributed by atoms with van der Waals surface area (Å²) in [5.41, 5.74) is 14.2. The van der Waals surface area contributed by atoms with Gasteiger partial charge in [0.15, 0.2) is 0 Å². The summed E-state index contributed by atoms with van der Waals surface area (Å²) in [7, 11) is 0. The number of anilines is 1. The summed E-state index contributed by atoms with van der Waals surface area (Å²) in [5.74, 6) is 0.456. The van der Waals surface area contributed by atoms with Crippen LogP contribution in [0.4, 0.5) is 5.69 Å². The van der Waals surface area contributed by atoms with Gasteiger partial charge >= 0.3 is 0 Å². The van der Waals surface area contributed by atoms with Crippen molar-refractivity contribution >= 4 is 5.69 Å². The number of aromatic hydroxyl groups is 1. The van der Waals surface area contributed by atoms with Gasteiger partial charge in [-0.3, -0.25) is 0 Å². The SMILES string of the molecule is N#CC1=C(N)Oc2cc(N)ccc2C1c1ccc(O)cc1. The molecule has 0 spiro atoms. The van der Waals surface area contributed by atoms with E-state index < -0.39 is 0 Å². The van der Waals surface area contributed by atoms with Gasteiger partial charge in [-0.05, 0) is 23.8 Å². The number of ether oxygens (including phenoxy) is 1. The predicted molar refractivity (Wildman–Crippen MR) is 78.3 cm³/mol. The van der Waals surface area contributed by atoms with Gasteiger partial charge in [-0.2, -0.15) is 5.26 Å². The molecule has 0 saturated carbocycles. The van der Waals surface area contributed by atoms with Crippen LogP contribution in [0.3, 0.4) is 0 Å². The molecule has 1 aliphatic heterocycles. The quantitative estimate of drug-likeness (QED) is 0.694. The summed E-state index contributed by atoms with van der Waals surface area (Å²) in [4.78, 5) is 0. The zero-order valence-corrected chi connectivity index (χ0v) is 11.1. The maximum atomic E-state index is 9.42. The Hall–Kier alpha value is -3.13. The molecule has 1 aliphatic rings. The van der Waals surface area contributed by atoms with Crippen molar-refractivity contribution in [3.63, 3.8) is 0 Å². The molecule has 1 unspecified atom stereocenters. The van der Waals surface area contributed by atoms with E-state index in [1.54, 1.807) is 36.4 Å². The van der Waals surface area contributed by atoms with E-state index in [1.165, 1.54) is 0 Å². The van der Waals surface area contributed by atoms with Gasteiger partial charge in [-0.15, -0.1) is 0 Å². The Labute approximate surface area is 121 Å². The van der Waals surface area contributed by atoms with Crippen LogP contribution in [0, 0.1) is 11.3 Å². The summed E-state index contributed by atoms with van der Waals surface area (Å²) >= 11 is 0. The number of nitriles is 1.